The minimum atomic E-state index is 0.944. The minimum absolute atomic E-state index is 0.944. The molecule has 0 fully saturated rings. The van der Waals surface area contributed by atoms with Gasteiger partial charge in [-0.25, -0.2) is 4.99 Å². The molecule has 0 spiro atoms. The zero-order valence-electron chi connectivity index (χ0n) is 18.9. The van der Waals surface area contributed by atoms with Crippen LogP contribution in [0.15, 0.2) is 151 Å². The first-order valence-electron chi connectivity index (χ1n) is 11.5. The molecular formula is C33H25N. The highest BCUT2D eigenvalue weighted by molar-refractivity contribution is 6.14. The molecule has 0 unspecified atom stereocenters. The van der Waals surface area contributed by atoms with Crippen LogP contribution in [-0.4, -0.2) is 5.71 Å². The van der Waals surface area contributed by atoms with Crippen molar-refractivity contribution < 1.29 is 0 Å². The van der Waals surface area contributed by atoms with Crippen molar-refractivity contribution in [3.63, 3.8) is 0 Å². The maximum atomic E-state index is 5.00. The Morgan fingerprint density at radius 3 is 1.41 bits per heavy atom. The van der Waals surface area contributed by atoms with E-state index in [2.05, 4.69) is 109 Å². The third kappa shape index (κ3) is 5.11. The molecule has 0 saturated heterocycles. The van der Waals surface area contributed by atoms with Gasteiger partial charge in [-0.15, -0.1) is 0 Å². The van der Waals surface area contributed by atoms with Crippen LogP contribution in [0.3, 0.4) is 0 Å². The predicted molar refractivity (Wildman–Crippen MR) is 144 cm³/mol. The van der Waals surface area contributed by atoms with Gasteiger partial charge >= 0.3 is 0 Å². The van der Waals surface area contributed by atoms with Crippen molar-refractivity contribution in [2.75, 3.05) is 0 Å². The summed E-state index contributed by atoms with van der Waals surface area (Å²) in [4.78, 5) is 5.00. The average Bonchev–Trinajstić information content (AvgIpc) is 2.93. The maximum absolute atomic E-state index is 5.00. The van der Waals surface area contributed by atoms with Gasteiger partial charge in [-0.2, -0.15) is 0 Å². The van der Waals surface area contributed by atoms with Gasteiger partial charge in [0.25, 0.3) is 0 Å². The van der Waals surface area contributed by atoms with Crippen molar-refractivity contribution in [1.29, 1.82) is 0 Å². The van der Waals surface area contributed by atoms with E-state index >= 15 is 0 Å². The van der Waals surface area contributed by atoms with Crippen LogP contribution in [0, 0.1) is 0 Å². The monoisotopic (exact) mass is 435 g/mol. The van der Waals surface area contributed by atoms with Crippen molar-refractivity contribution in [2.24, 2.45) is 4.99 Å². The number of rotatable bonds is 6. The van der Waals surface area contributed by atoms with Crippen LogP contribution in [0.4, 0.5) is 5.69 Å². The topological polar surface area (TPSA) is 12.4 Å². The fourth-order valence-electron chi connectivity index (χ4n) is 4.00. The molecule has 34 heavy (non-hydrogen) atoms. The van der Waals surface area contributed by atoms with Gasteiger partial charge in [-0.1, -0.05) is 133 Å². The molecule has 0 saturated carbocycles. The number of para-hydroxylation sites is 1. The smallest absolute Gasteiger partial charge is 0.0781 e. The largest absolute Gasteiger partial charge is 0.248 e. The Bertz CT molecular complexity index is 1270. The normalized spacial score (nSPS) is 11.9. The fraction of sp³-hybridized carbons (Fsp3) is 0. The van der Waals surface area contributed by atoms with Crippen LogP contribution in [0.5, 0.6) is 0 Å². The first-order chi connectivity index (χ1) is 16.9. The van der Waals surface area contributed by atoms with Crippen LogP contribution in [0.25, 0.3) is 11.6 Å². The van der Waals surface area contributed by atoms with Gasteiger partial charge in [0.1, 0.15) is 0 Å². The molecule has 5 aromatic rings. The second-order valence-electron chi connectivity index (χ2n) is 8.07. The lowest BCUT2D eigenvalue weighted by Gasteiger charge is -2.12. The molecule has 0 aromatic heterocycles. The van der Waals surface area contributed by atoms with E-state index in [0.717, 1.165) is 22.5 Å². The summed E-state index contributed by atoms with van der Waals surface area (Å²) in [6, 6.07) is 50.2. The van der Waals surface area contributed by atoms with Crippen LogP contribution < -0.4 is 0 Å². The van der Waals surface area contributed by atoms with Crippen molar-refractivity contribution in [3.8, 4) is 0 Å². The van der Waals surface area contributed by atoms with Gasteiger partial charge < -0.3 is 0 Å². The Morgan fingerprint density at radius 2 is 0.824 bits per heavy atom. The van der Waals surface area contributed by atoms with Gasteiger partial charge in [-0.3, -0.25) is 0 Å². The van der Waals surface area contributed by atoms with Gasteiger partial charge in [0.05, 0.1) is 11.4 Å². The molecule has 0 N–H and O–H groups in total. The van der Waals surface area contributed by atoms with Gasteiger partial charge in [0.15, 0.2) is 0 Å². The van der Waals surface area contributed by atoms with Gasteiger partial charge in [0, 0.05) is 11.1 Å². The van der Waals surface area contributed by atoms with E-state index < -0.39 is 0 Å². The number of nitrogens with zero attached hydrogens (tertiary/aromatic N) is 1. The molecule has 0 aliphatic rings. The molecule has 0 bridgehead atoms. The average molecular weight is 436 g/mol. The van der Waals surface area contributed by atoms with Crippen LogP contribution in [0.2, 0.25) is 0 Å². The molecule has 0 radical (unpaired) electrons. The van der Waals surface area contributed by atoms with E-state index in [4.69, 9.17) is 4.99 Å². The lowest BCUT2D eigenvalue weighted by atomic mass is 9.93. The third-order valence-electron chi connectivity index (χ3n) is 5.71. The highest BCUT2D eigenvalue weighted by Gasteiger charge is 2.10. The number of hydrogen-bond donors (Lipinski definition) is 0. The Hall–Kier alpha value is -4.49. The SMILES string of the molecule is C(=C(/c1ccccc1)c1ccc(C(=Nc2ccccc2)c2ccccc2)cc1)/c1ccccc1. The van der Waals surface area contributed by atoms with E-state index in [1.807, 2.05) is 42.5 Å². The summed E-state index contributed by atoms with van der Waals surface area (Å²) in [5.41, 5.74) is 8.84. The summed E-state index contributed by atoms with van der Waals surface area (Å²) in [5.74, 6) is 0. The molecule has 1 heteroatoms. The van der Waals surface area contributed by atoms with Gasteiger partial charge in [-0.05, 0) is 40.5 Å². The van der Waals surface area contributed by atoms with Crippen molar-refractivity contribution in [3.05, 3.63) is 173 Å². The van der Waals surface area contributed by atoms with Gasteiger partial charge in [0.2, 0.25) is 0 Å². The van der Waals surface area contributed by atoms with E-state index in [9.17, 15) is 0 Å². The summed E-state index contributed by atoms with van der Waals surface area (Å²) < 4.78 is 0. The molecule has 162 valence electrons. The Kier molecular flexibility index (Phi) is 6.54. The van der Waals surface area contributed by atoms with Crippen molar-refractivity contribution in [1.82, 2.24) is 0 Å². The molecule has 0 aliphatic carbocycles. The van der Waals surface area contributed by atoms with Crippen molar-refractivity contribution >= 4 is 23.0 Å². The maximum Gasteiger partial charge on any atom is 0.0781 e. The number of benzene rings is 5. The van der Waals surface area contributed by atoms with Crippen LogP contribution >= 0.6 is 0 Å². The summed E-state index contributed by atoms with van der Waals surface area (Å²) >= 11 is 0. The molecule has 1 nitrogen and oxygen atoms in total. The second-order valence-corrected chi connectivity index (χ2v) is 8.07. The highest BCUT2D eigenvalue weighted by Crippen LogP contribution is 2.27. The third-order valence-corrected chi connectivity index (χ3v) is 5.71. The zero-order valence-corrected chi connectivity index (χ0v) is 18.9. The molecule has 0 atom stereocenters. The molecule has 0 amide bonds. The first kappa shape index (κ1) is 21.4. The van der Waals surface area contributed by atoms with E-state index in [-0.39, 0.29) is 0 Å². The molecule has 0 heterocycles. The molecular weight excluding hydrogens is 410 g/mol. The zero-order chi connectivity index (χ0) is 23.0. The van der Waals surface area contributed by atoms with E-state index in [1.54, 1.807) is 0 Å². The standard InChI is InChI=1S/C33H25N/c1-5-13-26(14-6-1)25-32(27-15-7-2-8-16-27)28-21-23-30(24-22-28)33(29-17-9-3-10-18-29)34-31-19-11-4-12-20-31/h1-25H/b32-25+,34-33?. The lowest BCUT2D eigenvalue weighted by molar-refractivity contribution is 1.47. The number of aliphatic imine (C=N–C) groups is 1. The first-order valence-corrected chi connectivity index (χ1v) is 11.5. The quantitative estimate of drug-likeness (QED) is 0.187. The molecule has 0 aliphatic heterocycles. The summed E-state index contributed by atoms with van der Waals surface area (Å²) in [6.45, 7) is 0. The molecule has 5 rings (SSSR count). The highest BCUT2D eigenvalue weighted by atomic mass is 14.7. The Morgan fingerprint density at radius 1 is 0.412 bits per heavy atom. The summed E-state index contributed by atoms with van der Waals surface area (Å²) in [7, 11) is 0. The van der Waals surface area contributed by atoms with E-state index in [1.165, 1.54) is 22.3 Å². The molecule has 5 aromatic carbocycles. The Labute approximate surface area is 201 Å². The summed E-state index contributed by atoms with van der Waals surface area (Å²) in [5, 5.41) is 0. The van der Waals surface area contributed by atoms with Crippen molar-refractivity contribution in [2.45, 2.75) is 0 Å². The van der Waals surface area contributed by atoms with E-state index in [0.29, 0.717) is 0 Å². The number of hydrogen-bond acceptors (Lipinski definition) is 1. The van der Waals surface area contributed by atoms with Crippen LogP contribution in [-0.2, 0) is 0 Å². The second kappa shape index (κ2) is 10.4. The predicted octanol–water partition coefficient (Wildman–Crippen LogP) is 8.44. The minimum Gasteiger partial charge on any atom is -0.248 e. The lowest BCUT2D eigenvalue weighted by Crippen LogP contribution is -2.03. The van der Waals surface area contributed by atoms with Crippen LogP contribution in [0.1, 0.15) is 27.8 Å². The summed E-state index contributed by atoms with van der Waals surface area (Å²) in [6.07, 6.45) is 2.25. The Balaban J connectivity index is 1.57. The fourth-order valence-corrected chi connectivity index (χ4v) is 4.00.